The largest absolute Gasteiger partial charge is 0.325 e. The zero-order valence-corrected chi connectivity index (χ0v) is 12.6. The van der Waals surface area contributed by atoms with Gasteiger partial charge in [0, 0.05) is 13.1 Å². The van der Waals surface area contributed by atoms with Gasteiger partial charge in [-0.15, -0.1) is 0 Å². The molecule has 0 aromatic carbocycles. The number of carbonyl (C=O) groups excluding carboxylic acids is 1. The summed E-state index contributed by atoms with van der Waals surface area (Å²) in [7, 11) is 2.10. The minimum Gasteiger partial charge on any atom is -0.325 e. The topological polar surface area (TPSA) is 35.6 Å². The fourth-order valence-corrected chi connectivity index (χ4v) is 2.38. The van der Waals surface area contributed by atoms with Crippen LogP contribution in [0, 0.1) is 5.92 Å². The highest BCUT2D eigenvalue weighted by Crippen LogP contribution is 2.20. The van der Waals surface area contributed by atoms with Gasteiger partial charge in [0.25, 0.3) is 0 Å². The highest BCUT2D eigenvalue weighted by molar-refractivity contribution is 5.84. The number of carbonyl (C=O) groups is 1. The Labute approximate surface area is 112 Å². The van der Waals surface area contributed by atoms with Gasteiger partial charge < -0.3 is 9.80 Å². The van der Waals surface area contributed by atoms with Crippen LogP contribution in [0.25, 0.3) is 0 Å². The van der Waals surface area contributed by atoms with Crippen LogP contribution in [0.1, 0.15) is 40.5 Å². The molecule has 1 amide bonds. The standard InChI is InChI=1S/C14H29N3O/c1-6-11(4)13-14(18)17(12(7-2)15-13)10-9-16(5)8-3/h11-13,15H,6-10H2,1-5H3. The molecule has 0 aromatic heterocycles. The molecule has 106 valence electrons. The second-order valence-electron chi connectivity index (χ2n) is 5.38. The SMILES string of the molecule is CCC(C)C1NC(CC)N(CCN(C)CC)C1=O. The number of likely N-dealkylation sites (N-methyl/N-ethyl adjacent to an activating group) is 1. The Bertz CT molecular complexity index is 270. The van der Waals surface area contributed by atoms with Crippen molar-refractivity contribution in [2.24, 2.45) is 5.92 Å². The number of hydrogen-bond acceptors (Lipinski definition) is 3. The Morgan fingerprint density at radius 1 is 1.39 bits per heavy atom. The first-order valence-electron chi connectivity index (χ1n) is 7.30. The van der Waals surface area contributed by atoms with Crippen molar-refractivity contribution in [3.8, 4) is 0 Å². The Balaban J connectivity index is 2.62. The molecule has 1 heterocycles. The lowest BCUT2D eigenvalue weighted by molar-refractivity contribution is -0.131. The van der Waals surface area contributed by atoms with Gasteiger partial charge >= 0.3 is 0 Å². The Hall–Kier alpha value is -0.610. The second-order valence-corrected chi connectivity index (χ2v) is 5.38. The van der Waals surface area contributed by atoms with Crippen LogP contribution >= 0.6 is 0 Å². The maximum absolute atomic E-state index is 12.4. The number of nitrogens with zero attached hydrogens (tertiary/aromatic N) is 2. The average molecular weight is 255 g/mol. The first-order valence-corrected chi connectivity index (χ1v) is 7.30. The lowest BCUT2D eigenvalue weighted by atomic mass is 9.99. The molecule has 0 spiro atoms. The fraction of sp³-hybridized carbons (Fsp3) is 0.929. The lowest BCUT2D eigenvalue weighted by Crippen LogP contribution is -2.41. The van der Waals surface area contributed by atoms with Gasteiger partial charge in [-0.05, 0) is 25.9 Å². The van der Waals surface area contributed by atoms with Crippen LogP contribution in [-0.4, -0.2) is 54.6 Å². The van der Waals surface area contributed by atoms with Crippen LogP contribution in [0.5, 0.6) is 0 Å². The third-order valence-corrected chi connectivity index (χ3v) is 4.16. The molecule has 4 nitrogen and oxygen atoms in total. The van der Waals surface area contributed by atoms with Crippen LogP contribution in [0.15, 0.2) is 0 Å². The van der Waals surface area contributed by atoms with E-state index in [1.807, 2.05) is 4.90 Å². The minimum absolute atomic E-state index is 0.0203. The molecule has 0 radical (unpaired) electrons. The Morgan fingerprint density at radius 3 is 2.56 bits per heavy atom. The summed E-state index contributed by atoms with van der Waals surface area (Å²) in [5.41, 5.74) is 0. The summed E-state index contributed by atoms with van der Waals surface area (Å²) in [6, 6.07) is 0.0203. The van der Waals surface area contributed by atoms with E-state index < -0.39 is 0 Å². The van der Waals surface area contributed by atoms with Gasteiger partial charge in [0.15, 0.2) is 0 Å². The average Bonchev–Trinajstić information content (AvgIpc) is 2.71. The molecule has 3 atom stereocenters. The molecule has 4 heteroatoms. The molecule has 1 fully saturated rings. The monoisotopic (exact) mass is 255 g/mol. The summed E-state index contributed by atoms with van der Waals surface area (Å²) in [4.78, 5) is 16.7. The number of nitrogens with one attached hydrogen (secondary N) is 1. The van der Waals surface area contributed by atoms with Gasteiger partial charge in [-0.25, -0.2) is 0 Å². The summed E-state index contributed by atoms with van der Waals surface area (Å²) in [6.45, 7) is 11.4. The highest BCUT2D eigenvalue weighted by Gasteiger charge is 2.39. The van der Waals surface area contributed by atoms with Crippen molar-refractivity contribution in [3.63, 3.8) is 0 Å². The van der Waals surface area contributed by atoms with Crippen molar-refractivity contribution >= 4 is 5.91 Å². The molecule has 1 aliphatic heterocycles. The number of rotatable bonds is 7. The minimum atomic E-state index is 0.0203. The van der Waals surface area contributed by atoms with E-state index in [2.05, 4.69) is 45.0 Å². The molecular formula is C14H29N3O. The van der Waals surface area contributed by atoms with Crippen LogP contribution in [0.4, 0.5) is 0 Å². The van der Waals surface area contributed by atoms with Crippen molar-refractivity contribution in [2.45, 2.75) is 52.7 Å². The van der Waals surface area contributed by atoms with Crippen molar-refractivity contribution in [2.75, 3.05) is 26.7 Å². The quantitative estimate of drug-likeness (QED) is 0.749. The van der Waals surface area contributed by atoms with E-state index in [9.17, 15) is 4.79 Å². The molecule has 3 unspecified atom stereocenters. The summed E-state index contributed by atoms with van der Waals surface area (Å²) in [5, 5.41) is 3.49. The van der Waals surface area contributed by atoms with Crippen molar-refractivity contribution in [1.29, 1.82) is 0 Å². The van der Waals surface area contributed by atoms with E-state index in [4.69, 9.17) is 0 Å². The molecule has 0 aromatic rings. The number of amides is 1. The molecule has 0 saturated carbocycles. The van der Waals surface area contributed by atoms with Gasteiger partial charge in [0.2, 0.25) is 5.91 Å². The number of hydrogen-bond donors (Lipinski definition) is 1. The van der Waals surface area contributed by atoms with Gasteiger partial charge in [0.1, 0.15) is 0 Å². The summed E-state index contributed by atoms with van der Waals surface area (Å²) >= 11 is 0. The van der Waals surface area contributed by atoms with Crippen molar-refractivity contribution in [1.82, 2.24) is 15.1 Å². The van der Waals surface area contributed by atoms with Gasteiger partial charge in [-0.3, -0.25) is 10.1 Å². The Kier molecular flexibility index (Phi) is 6.09. The van der Waals surface area contributed by atoms with E-state index in [0.717, 1.165) is 32.5 Å². The van der Waals surface area contributed by atoms with Crippen LogP contribution in [0.3, 0.4) is 0 Å². The van der Waals surface area contributed by atoms with Gasteiger partial charge in [-0.1, -0.05) is 34.1 Å². The van der Waals surface area contributed by atoms with Crippen LogP contribution < -0.4 is 5.32 Å². The smallest absolute Gasteiger partial charge is 0.241 e. The zero-order chi connectivity index (χ0) is 13.7. The maximum atomic E-state index is 12.4. The second kappa shape index (κ2) is 7.10. The lowest BCUT2D eigenvalue weighted by Gasteiger charge is -2.25. The molecule has 0 aliphatic carbocycles. The first-order chi connectivity index (χ1) is 8.54. The van der Waals surface area contributed by atoms with E-state index in [1.54, 1.807) is 0 Å². The molecule has 18 heavy (non-hydrogen) atoms. The highest BCUT2D eigenvalue weighted by atomic mass is 16.2. The van der Waals surface area contributed by atoms with Gasteiger partial charge in [0.05, 0.1) is 12.2 Å². The van der Waals surface area contributed by atoms with Crippen LogP contribution in [-0.2, 0) is 4.79 Å². The molecule has 1 N–H and O–H groups in total. The first kappa shape index (κ1) is 15.4. The van der Waals surface area contributed by atoms with E-state index in [0.29, 0.717) is 11.8 Å². The van der Waals surface area contributed by atoms with E-state index in [1.165, 1.54) is 0 Å². The molecule has 1 aliphatic rings. The summed E-state index contributed by atoms with van der Waals surface area (Å²) in [5.74, 6) is 0.709. The van der Waals surface area contributed by atoms with E-state index >= 15 is 0 Å². The predicted molar refractivity (Wildman–Crippen MR) is 75.3 cm³/mol. The third kappa shape index (κ3) is 3.45. The normalized spacial score (nSPS) is 26.1. The van der Waals surface area contributed by atoms with Crippen molar-refractivity contribution in [3.05, 3.63) is 0 Å². The third-order valence-electron chi connectivity index (χ3n) is 4.16. The predicted octanol–water partition coefficient (Wildman–Crippen LogP) is 1.52. The van der Waals surface area contributed by atoms with Gasteiger partial charge in [-0.2, -0.15) is 0 Å². The summed E-state index contributed by atoms with van der Waals surface area (Å²) < 4.78 is 0. The molecular weight excluding hydrogens is 226 g/mol. The maximum Gasteiger partial charge on any atom is 0.241 e. The molecule has 1 rings (SSSR count). The van der Waals surface area contributed by atoms with Crippen LogP contribution in [0.2, 0.25) is 0 Å². The summed E-state index contributed by atoms with van der Waals surface area (Å²) in [6.07, 6.45) is 2.25. The fourth-order valence-electron chi connectivity index (χ4n) is 2.38. The van der Waals surface area contributed by atoms with Crippen molar-refractivity contribution < 1.29 is 4.79 Å². The Morgan fingerprint density at radius 2 is 2.06 bits per heavy atom. The van der Waals surface area contributed by atoms with E-state index in [-0.39, 0.29) is 12.2 Å². The molecule has 1 saturated heterocycles. The molecule has 0 bridgehead atoms. The zero-order valence-electron chi connectivity index (χ0n) is 12.6.